The fraction of sp³-hybridized carbons (Fsp3) is 0.800. The fourth-order valence-electron chi connectivity index (χ4n) is 3.05. The quantitative estimate of drug-likeness (QED) is 0.855. The first-order valence-electron chi connectivity index (χ1n) is 7.73. The molecule has 0 saturated heterocycles. The second kappa shape index (κ2) is 5.53. The molecule has 0 aromatic carbocycles. The zero-order valence-corrected chi connectivity index (χ0v) is 12.2. The highest BCUT2D eigenvalue weighted by Gasteiger charge is 2.25. The standard InChI is InChI=1S/C15H26N4/c1-12-11-19(10-9-18(2)14-7-8-14)15(16-12)17-13-5-3-4-6-13/h11,13-14H,3-10H2,1-2H3,(H,16,17). The maximum atomic E-state index is 4.65. The van der Waals surface area contributed by atoms with Crippen molar-refractivity contribution in [2.45, 2.75) is 64.1 Å². The van der Waals surface area contributed by atoms with Gasteiger partial charge in [-0.2, -0.15) is 0 Å². The number of rotatable bonds is 6. The molecule has 0 unspecified atom stereocenters. The summed E-state index contributed by atoms with van der Waals surface area (Å²) in [5.74, 6) is 1.08. The van der Waals surface area contributed by atoms with Gasteiger partial charge in [0.1, 0.15) is 0 Å². The monoisotopic (exact) mass is 262 g/mol. The molecule has 0 atom stereocenters. The first-order chi connectivity index (χ1) is 9.22. The van der Waals surface area contributed by atoms with Gasteiger partial charge in [0.2, 0.25) is 5.95 Å². The molecule has 1 heterocycles. The summed E-state index contributed by atoms with van der Waals surface area (Å²) in [6, 6.07) is 1.48. The third kappa shape index (κ3) is 3.30. The van der Waals surface area contributed by atoms with Crippen molar-refractivity contribution in [2.75, 3.05) is 18.9 Å². The van der Waals surface area contributed by atoms with Gasteiger partial charge in [0, 0.05) is 31.4 Å². The number of nitrogens with zero attached hydrogens (tertiary/aromatic N) is 3. The van der Waals surface area contributed by atoms with Crippen molar-refractivity contribution in [2.24, 2.45) is 0 Å². The van der Waals surface area contributed by atoms with E-state index in [1.165, 1.54) is 38.5 Å². The Kier molecular flexibility index (Phi) is 3.78. The van der Waals surface area contributed by atoms with Gasteiger partial charge in [-0.1, -0.05) is 12.8 Å². The SMILES string of the molecule is Cc1cn(CCN(C)C2CC2)c(NC2CCCC2)n1. The van der Waals surface area contributed by atoms with Crippen LogP contribution in [0.3, 0.4) is 0 Å². The number of imidazole rings is 1. The van der Waals surface area contributed by atoms with Gasteiger partial charge in [-0.15, -0.1) is 0 Å². The zero-order valence-electron chi connectivity index (χ0n) is 12.2. The molecule has 0 spiro atoms. The summed E-state index contributed by atoms with van der Waals surface area (Å²) in [4.78, 5) is 7.13. The summed E-state index contributed by atoms with van der Waals surface area (Å²) in [7, 11) is 2.24. The summed E-state index contributed by atoms with van der Waals surface area (Å²) in [6.45, 7) is 4.25. The third-order valence-corrected chi connectivity index (χ3v) is 4.45. The summed E-state index contributed by atoms with van der Waals surface area (Å²) in [5, 5.41) is 3.63. The normalized spacial score (nSPS) is 20.4. The van der Waals surface area contributed by atoms with Crippen molar-refractivity contribution in [3.63, 3.8) is 0 Å². The Morgan fingerprint density at radius 2 is 2.05 bits per heavy atom. The number of hydrogen-bond donors (Lipinski definition) is 1. The van der Waals surface area contributed by atoms with Gasteiger partial charge in [0.05, 0.1) is 5.69 Å². The van der Waals surface area contributed by atoms with E-state index in [2.05, 4.69) is 39.9 Å². The molecular formula is C15H26N4. The van der Waals surface area contributed by atoms with Crippen LogP contribution in [-0.2, 0) is 6.54 Å². The highest BCUT2D eigenvalue weighted by molar-refractivity contribution is 5.30. The molecular weight excluding hydrogens is 236 g/mol. The number of aromatic nitrogens is 2. The van der Waals surface area contributed by atoms with Gasteiger partial charge < -0.3 is 14.8 Å². The first-order valence-corrected chi connectivity index (χ1v) is 7.73. The van der Waals surface area contributed by atoms with Crippen LogP contribution in [0.25, 0.3) is 0 Å². The van der Waals surface area contributed by atoms with E-state index in [-0.39, 0.29) is 0 Å². The van der Waals surface area contributed by atoms with E-state index in [1.54, 1.807) is 0 Å². The molecule has 0 radical (unpaired) electrons. The Balaban J connectivity index is 1.59. The Labute approximate surface area is 116 Å². The van der Waals surface area contributed by atoms with E-state index in [1.807, 2.05) is 0 Å². The average molecular weight is 262 g/mol. The molecule has 0 amide bonds. The van der Waals surface area contributed by atoms with Crippen molar-refractivity contribution in [1.82, 2.24) is 14.5 Å². The van der Waals surface area contributed by atoms with Crippen LogP contribution in [0, 0.1) is 6.92 Å². The number of likely N-dealkylation sites (N-methyl/N-ethyl adjacent to an activating group) is 1. The van der Waals surface area contributed by atoms with Gasteiger partial charge in [-0.05, 0) is 39.7 Å². The number of nitrogens with one attached hydrogen (secondary N) is 1. The second-order valence-electron chi connectivity index (χ2n) is 6.24. The zero-order chi connectivity index (χ0) is 13.2. The maximum Gasteiger partial charge on any atom is 0.203 e. The van der Waals surface area contributed by atoms with Gasteiger partial charge in [0.25, 0.3) is 0 Å². The molecule has 0 aliphatic heterocycles. The molecule has 4 heteroatoms. The van der Waals surface area contributed by atoms with E-state index in [0.29, 0.717) is 6.04 Å². The van der Waals surface area contributed by atoms with Crippen molar-refractivity contribution in [3.8, 4) is 0 Å². The summed E-state index contributed by atoms with van der Waals surface area (Å²) < 4.78 is 2.30. The average Bonchev–Trinajstić information content (AvgIpc) is 3.01. The van der Waals surface area contributed by atoms with E-state index in [0.717, 1.165) is 30.8 Å². The summed E-state index contributed by atoms with van der Waals surface area (Å²) in [6.07, 6.45) is 10.3. The molecule has 2 aliphatic carbocycles. The van der Waals surface area contributed by atoms with Crippen LogP contribution in [0.15, 0.2) is 6.20 Å². The van der Waals surface area contributed by atoms with E-state index < -0.39 is 0 Å². The molecule has 4 nitrogen and oxygen atoms in total. The second-order valence-corrected chi connectivity index (χ2v) is 6.24. The minimum absolute atomic E-state index is 0.640. The molecule has 1 N–H and O–H groups in total. The minimum Gasteiger partial charge on any atom is -0.353 e. The van der Waals surface area contributed by atoms with Crippen LogP contribution in [0.4, 0.5) is 5.95 Å². The predicted molar refractivity (Wildman–Crippen MR) is 78.5 cm³/mol. The summed E-state index contributed by atoms with van der Waals surface area (Å²) >= 11 is 0. The molecule has 106 valence electrons. The topological polar surface area (TPSA) is 33.1 Å². The molecule has 3 rings (SSSR count). The lowest BCUT2D eigenvalue weighted by Crippen LogP contribution is -2.26. The maximum absolute atomic E-state index is 4.65. The molecule has 0 bridgehead atoms. The molecule has 19 heavy (non-hydrogen) atoms. The van der Waals surface area contributed by atoms with Crippen LogP contribution in [0.1, 0.15) is 44.2 Å². The largest absolute Gasteiger partial charge is 0.353 e. The predicted octanol–water partition coefficient (Wildman–Crippen LogP) is 2.64. The lowest BCUT2D eigenvalue weighted by atomic mass is 10.2. The number of aryl methyl sites for hydroxylation is 1. The molecule has 2 fully saturated rings. The van der Waals surface area contributed by atoms with Crippen LogP contribution in [-0.4, -0.2) is 40.1 Å². The van der Waals surface area contributed by atoms with E-state index in [9.17, 15) is 0 Å². The first kappa shape index (κ1) is 13.0. The highest BCUT2D eigenvalue weighted by Crippen LogP contribution is 2.25. The minimum atomic E-state index is 0.640. The third-order valence-electron chi connectivity index (χ3n) is 4.45. The van der Waals surface area contributed by atoms with Crippen molar-refractivity contribution in [1.29, 1.82) is 0 Å². The van der Waals surface area contributed by atoms with E-state index >= 15 is 0 Å². The Hall–Kier alpha value is -1.03. The van der Waals surface area contributed by atoms with Gasteiger partial charge in [-0.25, -0.2) is 4.98 Å². The van der Waals surface area contributed by atoms with Crippen molar-refractivity contribution < 1.29 is 0 Å². The van der Waals surface area contributed by atoms with Crippen LogP contribution in [0.2, 0.25) is 0 Å². The van der Waals surface area contributed by atoms with E-state index in [4.69, 9.17) is 0 Å². The Morgan fingerprint density at radius 3 is 2.74 bits per heavy atom. The summed E-state index contributed by atoms with van der Waals surface area (Å²) in [5.41, 5.74) is 1.12. The van der Waals surface area contributed by atoms with Crippen molar-refractivity contribution in [3.05, 3.63) is 11.9 Å². The van der Waals surface area contributed by atoms with Gasteiger partial charge in [-0.3, -0.25) is 0 Å². The Morgan fingerprint density at radius 1 is 1.32 bits per heavy atom. The Bertz CT molecular complexity index is 416. The lowest BCUT2D eigenvalue weighted by Gasteiger charge is -2.18. The fourth-order valence-corrected chi connectivity index (χ4v) is 3.05. The van der Waals surface area contributed by atoms with Crippen LogP contribution < -0.4 is 5.32 Å². The van der Waals surface area contributed by atoms with Crippen LogP contribution >= 0.6 is 0 Å². The van der Waals surface area contributed by atoms with Crippen LogP contribution in [0.5, 0.6) is 0 Å². The molecule has 2 aliphatic rings. The number of anilines is 1. The molecule has 1 aromatic heterocycles. The lowest BCUT2D eigenvalue weighted by molar-refractivity contribution is 0.309. The molecule has 1 aromatic rings. The number of hydrogen-bond acceptors (Lipinski definition) is 3. The molecule has 2 saturated carbocycles. The smallest absolute Gasteiger partial charge is 0.203 e. The van der Waals surface area contributed by atoms with Gasteiger partial charge in [0.15, 0.2) is 0 Å². The van der Waals surface area contributed by atoms with Gasteiger partial charge >= 0.3 is 0 Å². The highest BCUT2D eigenvalue weighted by atomic mass is 15.2. The van der Waals surface area contributed by atoms with Crippen molar-refractivity contribution >= 4 is 5.95 Å².